The Balaban J connectivity index is 1.54. The van der Waals surface area contributed by atoms with E-state index in [2.05, 4.69) is 63.5 Å². The van der Waals surface area contributed by atoms with Crippen LogP contribution in [0, 0.1) is 0 Å². The first-order chi connectivity index (χ1) is 20.3. The predicted octanol–water partition coefficient (Wildman–Crippen LogP) is -1.10. The summed E-state index contributed by atoms with van der Waals surface area (Å²) in [7, 11) is 11.1. The van der Waals surface area contributed by atoms with Gasteiger partial charge < -0.3 is 10.2 Å². The number of benzene rings is 5. The van der Waals surface area contributed by atoms with E-state index in [9.17, 15) is 0 Å². The van der Waals surface area contributed by atoms with Crippen LogP contribution in [0.5, 0.6) is 0 Å². The van der Waals surface area contributed by atoms with E-state index in [1.165, 1.54) is 38.4 Å². The predicted molar refractivity (Wildman–Crippen MR) is 194 cm³/mol. The van der Waals surface area contributed by atoms with Gasteiger partial charge in [0.15, 0.2) is 5.84 Å². The van der Waals surface area contributed by atoms with Crippen LogP contribution in [0.1, 0.15) is 16.7 Å². The quantitative estimate of drug-likeness (QED) is 0.172. The highest BCUT2D eigenvalue weighted by Gasteiger charge is 2.20. The molecular weight excluding hydrogens is 508 g/mol. The van der Waals surface area contributed by atoms with E-state index >= 15 is 0 Å². The van der Waals surface area contributed by atoms with Crippen molar-refractivity contribution in [1.82, 2.24) is 0 Å². The molecule has 0 radical (unpaired) electrons. The zero-order valence-electron chi connectivity index (χ0n) is 24.8. The highest BCUT2D eigenvalue weighted by atomic mass is 16.3. The van der Waals surface area contributed by atoms with Crippen molar-refractivity contribution in [1.29, 1.82) is 0 Å². The molecule has 4 nitrogen and oxygen atoms in total. The second-order valence-electron chi connectivity index (χ2n) is 10.9. The molecule has 42 heavy (non-hydrogen) atoms. The average Bonchev–Trinajstić information content (AvgIpc) is 3.42. The zero-order valence-corrected chi connectivity index (χ0v) is 24.8. The second-order valence-corrected chi connectivity index (χ2v) is 10.9. The molecule has 0 saturated carbocycles. The van der Waals surface area contributed by atoms with Crippen LogP contribution in [0.2, 0.25) is 0 Å². The number of nitrogens with two attached hydrogens (primary N) is 1. The largest absolute Gasteiger partial charge is 0.456 e. The molecule has 2 N–H and O–H groups in total. The number of hydrogen-bond donors (Lipinski definition) is 1. The Kier molecular flexibility index (Phi) is 7.42. The van der Waals surface area contributed by atoms with Gasteiger partial charge in [0.2, 0.25) is 0 Å². The minimum Gasteiger partial charge on any atom is -0.456 e. The Morgan fingerprint density at radius 2 is 1.14 bits per heavy atom. The third kappa shape index (κ3) is 4.90. The molecule has 198 valence electrons. The van der Waals surface area contributed by atoms with Crippen LogP contribution in [0.15, 0.2) is 111 Å². The molecule has 0 aliphatic carbocycles. The number of nitrogens with zero attached hydrogens (tertiary/aromatic N) is 2. The molecule has 0 saturated heterocycles. The number of furan rings is 1. The minimum absolute atomic E-state index is 0.431. The van der Waals surface area contributed by atoms with Gasteiger partial charge in [-0.15, -0.1) is 16.4 Å². The number of amidine groups is 2. The molecule has 0 aliphatic heterocycles. The van der Waals surface area contributed by atoms with Crippen molar-refractivity contribution in [2.24, 2.45) is 15.7 Å². The highest BCUT2D eigenvalue weighted by Crippen LogP contribution is 2.37. The van der Waals surface area contributed by atoms with Crippen molar-refractivity contribution in [2.75, 3.05) is 0 Å². The van der Waals surface area contributed by atoms with Crippen molar-refractivity contribution in [3.05, 3.63) is 114 Å². The van der Waals surface area contributed by atoms with Crippen LogP contribution >= 0.6 is 0 Å². The van der Waals surface area contributed by atoms with Crippen LogP contribution < -0.4 is 33.0 Å². The van der Waals surface area contributed by atoms with Crippen molar-refractivity contribution in [2.45, 2.75) is 6.54 Å². The lowest BCUT2D eigenvalue weighted by molar-refractivity contribution is 0.668. The van der Waals surface area contributed by atoms with Crippen LogP contribution in [0.3, 0.4) is 0 Å². The Morgan fingerprint density at radius 1 is 0.595 bits per heavy atom. The van der Waals surface area contributed by atoms with Gasteiger partial charge in [-0.05, 0) is 28.8 Å². The zero-order chi connectivity index (χ0) is 29.4. The number of rotatable bonds is 5. The van der Waals surface area contributed by atoms with Gasteiger partial charge in [-0.3, -0.25) is 4.99 Å². The van der Waals surface area contributed by atoms with E-state index in [-0.39, 0.29) is 0 Å². The summed E-state index contributed by atoms with van der Waals surface area (Å²) in [6.45, 7) is 0.431. The summed E-state index contributed by atoms with van der Waals surface area (Å²) in [5, 5.41) is 2.22. The maximum atomic E-state index is 6.45. The summed E-state index contributed by atoms with van der Waals surface area (Å²) < 4.78 is 6.44. The van der Waals surface area contributed by atoms with E-state index in [0.717, 1.165) is 38.6 Å². The summed E-state index contributed by atoms with van der Waals surface area (Å²) in [4.78, 5) is 9.85. The number of hydrogen-bond acceptors (Lipinski definition) is 2. The molecule has 0 fully saturated rings. The Hall–Kier alpha value is -4.64. The third-order valence-electron chi connectivity index (χ3n) is 8.61. The van der Waals surface area contributed by atoms with Gasteiger partial charge in [0.25, 0.3) is 0 Å². The summed E-state index contributed by atoms with van der Waals surface area (Å²) in [5.41, 5.74) is 20.2. The van der Waals surface area contributed by atoms with E-state index in [1.54, 1.807) is 0 Å². The lowest BCUT2D eigenvalue weighted by Gasteiger charge is -2.21. The van der Waals surface area contributed by atoms with E-state index in [1.807, 2.05) is 72.8 Å². The lowest BCUT2D eigenvalue weighted by atomic mass is 9.59. The Labute approximate surface area is 251 Å². The fourth-order valence-electron chi connectivity index (χ4n) is 5.91. The molecule has 1 aromatic heterocycles. The third-order valence-corrected chi connectivity index (χ3v) is 8.61. The van der Waals surface area contributed by atoms with E-state index in [0.29, 0.717) is 18.2 Å². The number of aliphatic imine (C=N–C) groups is 2. The first kappa shape index (κ1) is 27.5. The van der Waals surface area contributed by atoms with Crippen molar-refractivity contribution < 1.29 is 4.42 Å². The molecular formula is C33H30B5N3O. The van der Waals surface area contributed by atoms with E-state index in [4.69, 9.17) is 20.1 Å². The topological polar surface area (TPSA) is 63.9 Å². The monoisotopic (exact) mass is 539 g/mol. The normalized spacial score (nSPS) is 12.3. The highest BCUT2D eigenvalue weighted by molar-refractivity contribution is 6.68. The van der Waals surface area contributed by atoms with Gasteiger partial charge in [-0.2, -0.15) is 0 Å². The van der Waals surface area contributed by atoms with Crippen LogP contribution in [0.25, 0.3) is 33.1 Å². The first-order valence-electron chi connectivity index (χ1n) is 14.3. The molecule has 0 unspecified atom stereocenters. The molecule has 0 spiro atoms. The summed E-state index contributed by atoms with van der Waals surface area (Å²) in [6, 6.07) is 32.4. The molecule has 1 heterocycles. The molecule has 6 aromatic rings. The van der Waals surface area contributed by atoms with Gasteiger partial charge >= 0.3 is 0 Å². The van der Waals surface area contributed by atoms with Gasteiger partial charge in [-0.25, -0.2) is 4.99 Å². The summed E-state index contributed by atoms with van der Waals surface area (Å²) in [6.07, 6.45) is 0. The molecule has 6 rings (SSSR count). The number of fused-ring (bicyclic) bond motifs is 3. The summed E-state index contributed by atoms with van der Waals surface area (Å²) in [5.74, 6) is 1.03. The molecule has 0 amide bonds. The molecule has 9 heteroatoms. The second kappa shape index (κ2) is 11.3. The average molecular weight is 539 g/mol. The minimum atomic E-state index is 0.431. The lowest BCUT2D eigenvalue weighted by Crippen LogP contribution is -2.55. The fourth-order valence-corrected chi connectivity index (χ4v) is 5.91. The fraction of sp³-hybridized carbons (Fsp3) is 0.0303. The van der Waals surface area contributed by atoms with Crippen molar-refractivity contribution >= 4 is 100 Å². The smallest absolute Gasteiger partial charge is 0.157 e. The van der Waals surface area contributed by atoms with E-state index < -0.39 is 0 Å². The van der Waals surface area contributed by atoms with Crippen LogP contribution in [-0.4, -0.2) is 50.9 Å². The standard InChI is InChI=1S/C33H30B5N3O/c34-27-26(28(35)30(37)31(38)29(27)36)21-14-8-16-23-25(21)24-20(13-7-15-22(24)42-23)17-40-33(19-11-5-2-6-12-19)41-32(39)18-9-3-1-4-10-18/h1-16H,17,34-38H2,(H2,39,40,41). The summed E-state index contributed by atoms with van der Waals surface area (Å²) >= 11 is 0. The maximum absolute atomic E-state index is 6.45. The van der Waals surface area contributed by atoms with Gasteiger partial charge in [0, 0.05) is 21.9 Å². The van der Waals surface area contributed by atoms with Crippen LogP contribution in [-0.2, 0) is 6.54 Å². The molecule has 0 atom stereocenters. The van der Waals surface area contributed by atoms with Gasteiger partial charge in [0.1, 0.15) is 56.2 Å². The molecule has 0 bridgehead atoms. The Bertz CT molecular complexity index is 1990. The maximum Gasteiger partial charge on any atom is 0.157 e. The van der Waals surface area contributed by atoms with Gasteiger partial charge in [0.05, 0.1) is 6.54 Å². The Morgan fingerprint density at radius 3 is 1.79 bits per heavy atom. The van der Waals surface area contributed by atoms with Crippen molar-refractivity contribution in [3.63, 3.8) is 0 Å². The van der Waals surface area contributed by atoms with Crippen molar-refractivity contribution in [3.8, 4) is 11.1 Å². The molecule has 5 aromatic carbocycles. The van der Waals surface area contributed by atoms with Crippen LogP contribution in [0.4, 0.5) is 0 Å². The molecule has 0 aliphatic rings. The van der Waals surface area contributed by atoms with Gasteiger partial charge in [-0.1, -0.05) is 95.9 Å². The SMILES string of the molecule is Bc1c(B)c(B)c(-c2cccc3oc4cccc(C/N=C(\N=C(/N)c5ccccc5)c5ccccc5)c4c23)c(B)c1B. The first-order valence-corrected chi connectivity index (χ1v) is 14.3.